The minimum Gasteiger partial charge on any atom is -0.426 e. The molecule has 1 atom stereocenters. The van der Waals surface area contributed by atoms with Gasteiger partial charge in [0.1, 0.15) is 0 Å². The van der Waals surface area contributed by atoms with Gasteiger partial charge in [-0.05, 0) is 99.7 Å². The minimum atomic E-state index is -0.545. The first-order valence-electron chi connectivity index (χ1n) is 16.9. The highest BCUT2D eigenvalue weighted by molar-refractivity contribution is 9.11. The van der Waals surface area contributed by atoms with E-state index in [-0.39, 0.29) is 30.3 Å². The van der Waals surface area contributed by atoms with Gasteiger partial charge in [0, 0.05) is 83.2 Å². The molecule has 4 aliphatic heterocycles. The number of amides is 4. The topological polar surface area (TPSA) is 112 Å². The van der Waals surface area contributed by atoms with Crippen molar-refractivity contribution in [2.45, 2.75) is 57.0 Å². The summed E-state index contributed by atoms with van der Waals surface area (Å²) in [5, 5.41) is 3.06. The lowest BCUT2D eigenvalue weighted by Gasteiger charge is -2.41. The molecule has 0 unspecified atom stereocenters. The van der Waals surface area contributed by atoms with E-state index in [0.717, 1.165) is 62.4 Å². The van der Waals surface area contributed by atoms with E-state index in [9.17, 15) is 19.2 Å². The van der Waals surface area contributed by atoms with Crippen molar-refractivity contribution < 1.29 is 28.7 Å². The fraction of sp³-hybridized carbons (Fsp3) is 0.543. The number of nitrogens with zero attached hydrogens (tertiary/aromatic N) is 4. The Bertz CT molecular complexity index is 1460. The molecule has 0 aromatic heterocycles. The summed E-state index contributed by atoms with van der Waals surface area (Å²) in [4.78, 5) is 60.2. The summed E-state index contributed by atoms with van der Waals surface area (Å²) in [6.45, 7) is 6.56. The van der Waals surface area contributed by atoms with Crippen LogP contribution < -0.4 is 10.1 Å². The van der Waals surface area contributed by atoms with Crippen LogP contribution in [-0.4, -0.2) is 115 Å². The molecule has 3 saturated heterocycles. The Labute approximate surface area is 298 Å². The number of hydrogen-bond acceptors (Lipinski definition) is 7. The minimum absolute atomic E-state index is 0.00821. The maximum atomic E-state index is 14.1. The number of carbonyl (C=O) groups is 4. The largest absolute Gasteiger partial charge is 0.426 e. The van der Waals surface area contributed by atoms with E-state index in [2.05, 4.69) is 48.1 Å². The third kappa shape index (κ3) is 8.23. The van der Waals surface area contributed by atoms with Gasteiger partial charge in [-0.15, -0.1) is 0 Å². The number of anilines is 1. The van der Waals surface area contributed by atoms with E-state index in [1.54, 1.807) is 0 Å². The fourth-order valence-corrected chi connectivity index (χ4v) is 9.01. The number of fused-ring (bicyclic) bond motifs is 1. The van der Waals surface area contributed by atoms with Crippen LogP contribution in [0.2, 0.25) is 0 Å². The summed E-state index contributed by atoms with van der Waals surface area (Å²) in [7, 11) is 0. The standard InChI is InChI=1S/C35H43Br2N5O6/c36-29-20-24(21-30(37)33(29)48-23-43)19-26(34(45)41-15-13-39(14-16-41)27-8-17-47-18-9-27)22-32(44)40-10-6-28(7-11-40)42-12-5-25-3-1-2-4-31(25)38-35(42)46/h1-4,20-21,23,26-28H,5-19,22H2,(H,38,46)/t26-/m0/s1. The molecule has 48 heavy (non-hydrogen) atoms. The van der Waals surface area contributed by atoms with Crippen molar-refractivity contribution >= 4 is 61.9 Å². The number of urea groups is 1. The molecule has 2 aromatic carbocycles. The first kappa shape index (κ1) is 34.8. The van der Waals surface area contributed by atoms with E-state index in [4.69, 9.17) is 9.47 Å². The number of nitrogens with one attached hydrogen (secondary N) is 1. The lowest BCUT2D eigenvalue weighted by Crippen LogP contribution is -2.54. The average molecular weight is 790 g/mol. The van der Waals surface area contributed by atoms with E-state index in [0.29, 0.717) is 79.2 Å². The number of hydrogen-bond donors (Lipinski definition) is 1. The second-order valence-electron chi connectivity index (χ2n) is 13.1. The zero-order valence-electron chi connectivity index (χ0n) is 27.1. The molecule has 1 N–H and O–H groups in total. The molecular weight excluding hydrogens is 746 g/mol. The summed E-state index contributed by atoms with van der Waals surface area (Å²) in [5.41, 5.74) is 2.85. The van der Waals surface area contributed by atoms with Gasteiger partial charge in [-0.2, -0.15) is 0 Å². The fourth-order valence-electron chi connectivity index (χ4n) is 7.54. The van der Waals surface area contributed by atoms with Crippen molar-refractivity contribution in [1.29, 1.82) is 0 Å². The SMILES string of the molecule is O=COc1c(Br)cc(C[C@@H](CC(=O)N2CCC(N3CCc4ccccc4NC3=O)CC2)C(=O)N2CCN(C3CCOCC3)CC2)cc1Br. The number of carbonyl (C=O) groups excluding carboxylic acids is 4. The highest BCUT2D eigenvalue weighted by atomic mass is 79.9. The Morgan fingerprint density at radius 2 is 1.60 bits per heavy atom. The number of para-hydroxylation sites is 1. The van der Waals surface area contributed by atoms with Crippen LogP contribution in [0.3, 0.4) is 0 Å². The summed E-state index contributed by atoms with van der Waals surface area (Å²) < 4.78 is 11.8. The molecule has 2 aromatic rings. The maximum absolute atomic E-state index is 14.1. The average Bonchev–Trinajstić information content (AvgIpc) is 3.27. The molecule has 0 saturated carbocycles. The summed E-state index contributed by atoms with van der Waals surface area (Å²) >= 11 is 6.97. The van der Waals surface area contributed by atoms with E-state index >= 15 is 0 Å². The van der Waals surface area contributed by atoms with Gasteiger partial charge in [0.25, 0.3) is 6.47 Å². The van der Waals surface area contributed by atoms with Crippen LogP contribution in [0.25, 0.3) is 0 Å². The molecule has 13 heteroatoms. The smallest absolute Gasteiger partial charge is 0.322 e. The summed E-state index contributed by atoms with van der Waals surface area (Å²) in [6.07, 6.45) is 4.69. The Hall–Kier alpha value is -3.00. The van der Waals surface area contributed by atoms with Gasteiger partial charge in [0.05, 0.1) is 14.9 Å². The van der Waals surface area contributed by atoms with E-state index in [1.165, 1.54) is 0 Å². The second-order valence-corrected chi connectivity index (χ2v) is 14.8. The molecule has 4 heterocycles. The number of benzene rings is 2. The molecular formula is C35H43Br2N5O6. The lowest BCUT2D eigenvalue weighted by atomic mass is 9.92. The van der Waals surface area contributed by atoms with Crippen LogP contribution in [0.15, 0.2) is 45.3 Å². The quantitative estimate of drug-likeness (QED) is 0.367. The monoisotopic (exact) mass is 787 g/mol. The number of halogens is 2. The van der Waals surface area contributed by atoms with Gasteiger partial charge in [-0.25, -0.2) is 4.79 Å². The predicted molar refractivity (Wildman–Crippen MR) is 188 cm³/mol. The van der Waals surface area contributed by atoms with Crippen molar-refractivity contribution in [2.75, 3.05) is 64.3 Å². The van der Waals surface area contributed by atoms with Crippen molar-refractivity contribution in [3.63, 3.8) is 0 Å². The number of ether oxygens (including phenoxy) is 2. The third-order valence-corrected chi connectivity index (χ3v) is 11.4. The molecule has 4 amide bonds. The van der Waals surface area contributed by atoms with Crippen molar-refractivity contribution in [1.82, 2.24) is 19.6 Å². The molecule has 0 radical (unpaired) electrons. The third-order valence-electron chi connectivity index (χ3n) is 10.2. The molecule has 0 bridgehead atoms. The van der Waals surface area contributed by atoms with Crippen molar-refractivity contribution in [2.24, 2.45) is 5.92 Å². The molecule has 6 rings (SSSR count). The Kier molecular flexibility index (Phi) is 11.7. The van der Waals surface area contributed by atoms with Gasteiger partial charge < -0.3 is 29.5 Å². The predicted octanol–water partition coefficient (Wildman–Crippen LogP) is 4.70. The zero-order chi connectivity index (χ0) is 33.6. The number of likely N-dealkylation sites (tertiary alicyclic amines) is 1. The Balaban J connectivity index is 1.10. The van der Waals surface area contributed by atoms with Gasteiger partial charge >= 0.3 is 6.03 Å². The molecule has 0 spiro atoms. The van der Waals surface area contributed by atoms with Crippen LogP contribution in [0.1, 0.15) is 43.2 Å². The molecule has 3 fully saturated rings. The van der Waals surface area contributed by atoms with Gasteiger partial charge in [0.15, 0.2) is 5.75 Å². The second kappa shape index (κ2) is 16.1. The van der Waals surface area contributed by atoms with Gasteiger partial charge in [-0.1, -0.05) is 18.2 Å². The van der Waals surface area contributed by atoms with E-state index in [1.807, 2.05) is 45.0 Å². The number of piperidine rings is 1. The number of rotatable bonds is 9. The zero-order valence-corrected chi connectivity index (χ0v) is 30.3. The van der Waals surface area contributed by atoms with Crippen molar-refractivity contribution in [3.05, 3.63) is 56.5 Å². The Morgan fingerprint density at radius 3 is 2.29 bits per heavy atom. The summed E-state index contributed by atoms with van der Waals surface area (Å²) in [6, 6.07) is 12.0. The van der Waals surface area contributed by atoms with Gasteiger partial charge in [0.2, 0.25) is 11.8 Å². The van der Waals surface area contributed by atoms with Crippen LogP contribution in [0.5, 0.6) is 5.75 Å². The van der Waals surface area contributed by atoms with Crippen LogP contribution in [0.4, 0.5) is 10.5 Å². The van der Waals surface area contributed by atoms with Crippen LogP contribution >= 0.6 is 31.9 Å². The Morgan fingerprint density at radius 1 is 0.917 bits per heavy atom. The van der Waals surface area contributed by atoms with Crippen LogP contribution in [-0.2, 0) is 32.0 Å². The van der Waals surface area contributed by atoms with Crippen LogP contribution in [0, 0.1) is 5.92 Å². The van der Waals surface area contributed by atoms with E-state index < -0.39 is 5.92 Å². The first-order chi connectivity index (χ1) is 23.3. The molecule has 0 aliphatic carbocycles. The van der Waals surface area contributed by atoms with Gasteiger partial charge in [-0.3, -0.25) is 19.3 Å². The number of piperazine rings is 1. The highest BCUT2D eigenvalue weighted by Crippen LogP contribution is 2.36. The molecule has 258 valence electrons. The maximum Gasteiger partial charge on any atom is 0.322 e. The van der Waals surface area contributed by atoms with Crippen molar-refractivity contribution in [3.8, 4) is 5.75 Å². The highest BCUT2D eigenvalue weighted by Gasteiger charge is 2.35. The normalized spacial score (nSPS) is 20.5. The lowest BCUT2D eigenvalue weighted by molar-refractivity contribution is -0.143. The molecule has 4 aliphatic rings. The molecule has 11 nitrogen and oxygen atoms in total. The summed E-state index contributed by atoms with van der Waals surface area (Å²) in [5.74, 6) is -0.233. The first-order valence-corrected chi connectivity index (χ1v) is 18.5.